The zero-order valence-electron chi connectivity index (χ0n) is 2.29. The second-order valence-corrected chi connectivity index (χ2v) is 2.86. The summed E-state index contributed by atoms with van der Waals surface area (Å²) in [5, 5.41) is 2.27. The van der Waals surface area contributed by atoms with Gasteiger partial charge in [0.25, 0.3) is 0 Å². The van der Waals surface area contributed by atoms with Crippen LogP contribution in [0.2, 0.25) is 0 Å². The van der Waals surface area contributed by atoms with Crippen LogP contribution in [0.5, 0.6) is 0 Å². The molecule has 0 radical (unpaired) electrons. The summed E-state index contributed by atoms with van der Waals surface area (Å²) in [6.07, 6.45) is 0. The molecule has 0 aliphatic heterocycles. The Balaban J connectivity index is 6.05. The second-order valence-electron chi connectivity index (χ2n) is 0.483. The Morgan fingerprint density at radius 2 is 1.20 bits per heavy atom. The normalized spacial score (nSPS) is 11.2. The van der Waals surface area contributed by atoms with Crippen LogP contribution in [0.4, 0.5) is 0 Å². The first kappa shape index (κ1) is 4.89. The molecule has 0 atom stereocenters. The molecule has 0 aromatic rings. The van der Waals surface area contributed by atoms with Crippen molar-refractivity contribution in [2.45, 2.75) is 0 Å². The predicted molar refractivity (Wildman–Crippen MR) is 9.18 cm³/mol. The second kappa shape index (κ2) is 0.938. The third kappa shape index (κ3) is 1230. The van der Waals surface area contributed by atoms with Crippen LogP contribution in [-0.4, -0.2) is 5.11 Å². The van der Waals surface area contributed by atoms with E-state index in [9.17, 15) is 0 Å². The Morgan fingerprint density at radius 3 is 1.20 bits per heavy atom. The van der Waals surface area contributed by atoms with Gasteiger partial charge in [0, 0.05) is 0 Å². The van der Waals surface area contributed by atoms with E-state index in [1.54, 1.807) is 0 Å². The van der Waals surface area contributed by atoms with E-state index in [4.69, 9.17) is 10.7 Å². The van der Waals surface area contributed by atoms with Gasteiger partial charge in [-0.3, -0.25) is 0 Å². The van der Waals surface area contributed by atoms with Crippen molar-refractivity contribution >= 4 is 5.11 Å². The predicted octanol–water partition coefficient (Wildman–Crippen LogP) is -0.391. The van der Waals surface area contributed by atoms with E-state index in [1.807, 2.05) is 0 Å². The molecule has 0 N–H and O–H groups in total. The first-order valence-corrected chi connectivity index (χ1v) is 4.04. The van der Waals surface area contributed by atoms with Crippen LogP contribution in [0.3, 0.4) is 0 Å². The summed E-state index contributed by atoms with van der Waals surface area (Å²) in [4.78, 5) is 0. The molecule has 0 fully saturated rings. The van der Waals surface area contributed by atoms with E-state index in [-0.39, 0.29) is 0 Å². The Bertz CT molecular complexity index is 158. The number of hydrogen-bond acceptors (Lipinski definition) is 3. The Morgan fingerprint density at radius 1 is 1.20 bits per heavy atom. The molecule has 4 heteroatoms. The topological polar surface area (TPSA) is 51.2 Å². The van der Waals surface area contributed by atoms with E-state index in [0.29, 0.717) is 0 Å². The van der Waals surface area contributed by atoms with Gasteiger partial charge in [-0.15, -0.1) is 0 Å². The van der Waals surface area contributed by atoms with Gasteiger partial charge < -0.3 is 0 Å². The van der Waals surface area contributed by atoms with Crippen molar-refractivity contribution < 1.29 is 24.9 Å². The van der Waals surface area contributed by atoms with Gasteiger partial charge in [-0.05, 0) is 0 Å². The van der Waals surface area contributed by atoms with Crippen LogP contribution in [0, 0.1) is 0 Å². The van der Waals surface area contributed by atoms with Crippen molar-refractivity contribution in [3.8, 4) is 0 Å². The molecule has 3 nitrogen and oxygen atoms in total. The van der Waals surface area contributed by atoms with Gasteiger partial charge in [0.05, 0.1) is 0 Å². The first-order chi connectivity index (χ1) is 2.00. The minimum atomic E-state index is -4.86. The third-order valence-corrected chi connectivity index (χ3v) is 0. The molecule has 0 bridgehead atoms. The fourth-order valence-corrected chi connectivity index (χ4v) is 0. The summed E-state index contributed by atoms with van der Waals surface area (Å²) in [6, 6.07) is 0. The summed E-state index contributed by atoms with van der Waals surface area (Å²) in [5.74, 6) is 0. The summed E-state index contributed by atoms with van der Waals surface area (Å²) in [7, 11) is 0. The van der Waals surface area contributed by atoms with Crippen molar-refractivity contribution in [3.05, 3.63) is 0 Å². The molecule has 0 saturated carbocycles. The van der Waals surface area contributed by atoms with Gasteiger partial charge in [-0.25, -0.2) is 0 Å². The van der Waals surface area contributed by atoms with Crippen LogP contribution in [0.25, 0.3) is 0 Å². The molecule has 0 unspecified atom stereocenters. The zero-order valence-corrected chi connectivity index (χ0v) is 4.02. The van der Waals surface area contributed by atoms with E-state index in [0.717, 1.165) is 0 Å². The van der Waals surface area contributed by atoms with Crippen molar-refractivity contribution in [1.29, 1.82) is 0 Å². The molecule has 0 aromatic heterocycles. The van der Waals surface area contributed by atoms with Crippen LogP contribution >= 0.6 is 0 Å². The van der Waals surface area contributed by atoms with E-state index < -0.39 is 14.2 Å². The van der Waals surface area contributed by atoms with Crippen molar-refractivity contribution in [3.63, 3.8) is 0 Å². The maximum absolute atomic E-state index is 9.05. The Kier molecular flexibility index (Phi) is 0.918. The summed E-state index contributed by atoms with van der Waals surface area (Å²) in [5.41, 5.74) is 0. The minimum absolute atomic E-state index is 2.27. The fourth-order valence-electron chi connectivity index (χ4n) is 0. The molecule has 32 valence electrons. The van der Waals surface area contributed by atoms with Crippen LogP contribution in [0.15, 0.2) is 0 Å². The standard InChI is InChI=1S/CH2.3O.Ru/h1H2;;;;. The van der Waals surface area contributed by atoms with Gasteiger partial charge in [0.2, 0.25) is 0 Å². The number of hydrogen-bond donors (Lipinski definition) is 0. The summed E-state index contributed by atoms with van der Waals surface area (Å²) >= 11 is -4.86. The SMILES string of the molecule is [CH2]=[Ru](=[O])(=[O])=[O]. The van der Waals surface area contributed by atoms with Gasteiger partial charge in [-0.1, -0.05) is 0 Å². The molecule has 0 saturated heterocycles. The quantitative estimate of drug-likeness (QED) is 0.457. The van der Waals surface area contributed by atoms with Gasteiger partial charge in [0.15, 0.2) is 0 Å². The first-order valence-electron chi connectivity index (χ1n) is 0.683. The zero-order chi connectivity index (χ0) is 4.50. The van der Waals surface area contributed by atoms with Gasteiger partial charge in [-0.2, -0.15) is 0 Å². The molecule has 0 amide bonds. The molecule has 5 heavy (non-hydrogen) atoms. The molecule has 0 aromatic carbocycles. The van der Waals surface area contributed by atoms with Gasteiger partial charge in [0.1, 0.15) is 0 Å². The van der Waals surface area contributed by atoms with Gasteiger partial charge >= 0.3 is 30.0 Å². The van der Waals surface area contributed by atoms with Crippen molar-refractivity contribution in [1.82, 2.24) is 0 Å². The molecule has 0 aliphatic carbocycles. The number of rotatable bonds is 0. The van der Waals surface area contributed by atoms with Crippen LogP contribution in [0.1, 0.15) is 0 Å². The average molecular weight is 163 g/mol. The molecule has 0 aliphatic rings. The van der Waals surface area contributed by atoms with Crippen LogP contribution < -0.4 is 0 Å². The summed E-state index contributed by atoms with van der Waals surface area (Å²) in [6.45, 7) is 0. The van der Waals surface area contributed by atoms with Crippen molar-refractivity contribution in [2.24, 2.45) is 0 Å². The van der Waals surface area contributed by atoms with E-state index >= 15 is 0 Å². The average Bonchev–Trinajstić information content (AvgIpc) is 0.722. The third-order valence-electron chi connectivity index (χ3n) is 0. The molecular weight excluding hydrogens is 161 g/mol. The molecule has 0 rings (SSSR count). The molecular formula is CH2O3Ru. The maximum atomic E-state index is 9.05. The summed E-state index contributed by atoms with van der Waals surface area (Å²) < 4.78 is 27.2. The van der Waals surface area contributed by atoms with Crippen LogP contribution in [-0.2, 0) is 24.9 Å². The van der Waals surface area contributed by atoms with E-state index in [1.165, 1.54) is 0 Å². The molecule has 0 heterocycles. The molecule has 0 spiro atoms. The van der Waals surface area contributed by atoms with Crippen molar-refractivity contribution in [2.75, 3.05) is 0 Å². The Labute approximate surface area is 30.7 Å². The fraction of sp³-hybridized carbons (Fsp3) is 0. The Hall–Kier alpha value is -0.107. The monoisotopic (exact) mass is 164 g/mol. The van der Waals surface area contributed by atoms with E-state index in [2.05, 4.69) is 5.11 Å².